The molecule has 2 heteroatoms. The van der Waals surface area contributed by atoms with Gasteiger partial charge in [0.05, 0.1) is 0 Å². The van der Waals surface area contributed by atoms with Gasteiger partial charge in [-0.15, -0.1) is 9.24 Å². The Morgan fingerprint density at radius 1 is 0.689 bits per heavy atom. The lowest BCUT2D eigenvalue weighted by atomic mass is 9.88. The zero-order valence-corrected chi connectivity index (χ0v) is 32.5. The molecule has 45 heavy (non-hydrogen) atoms. The molecule has 3 aromatic rings. The molecule has 1 aliphatic rings. The molecule has 0 N–H and O–H groups in total. The molecule has 1 aliphatic heterocycles. The summed E-state index contributed by atoms with van der Waals surface area (Å²) >= 11 is 0. The highest BCUT2D eigenvalue weighted by Crippen LogP contribution is 2.32. The van der Waals surface area contributed by atoms with Crippen LogP contribution in [0, 0.1) is 13.8 Å². The van der Waals surface area contributed by atoms with Crippen molar-refractivity contribution in [1.29, 1.82) is 0 Å². The van der Waals surface area contributed by atoms with Crippen LogP contribution in [0.25, 0.3) is 11.1 Å². The third kappa shape index (κ3) is 16.3. The molecule has 1 saturated heterocycles. The molecule has 0 amide bonds. The SMILES string of the molecule is CC.CC.CC.CCCN1CCCCCC1.CCc1ccc(/C(CCc2ccc(C)cc2)=C(\C)c2cc(CP)ccc2C)cc1. The molecule has 4 rings (SSSR count). The fourth-order valence-corrected chi connectivity index (χ4v) is 5.81. The van der Waals surface area contributed by atoms with Crippen molar-refractivity contribution < 1.29 is 0 Å². The Labute approximate surface area is 283 Å². The lowest BCUT2D eigenvalue weighted by Gasteiger charge is -2.17. The fraction of sp³-hybridized carbons (Fsp3) is 0.535. The van der Waals surface area contributed by atoms with E-state index in [1.54, 1.807) is 0 Å². The second-order valence-electron chi connectivity index (χ2n) is 11.2. The minimum absolute atomic E-state index is 0.991. The summed E-state index contributed by atoms with van der Waals surface area (Å²) in [5.74, 6) is 0. The van der Waals surface area contributed by atoms with Gasteiger partial charge in [-0.2, -0.15) is 0 Å². The van der Waals surface area contributed by atoms with Gasteiger partial charge in [-0.25, -0.2) is 0 Å². The maximum atomic E-state index is 2.85. The molecule has 1 atom stereocenters. The van der Waals surface area contributed by atoms with E-state index in [4.69, 9.17) is 0 Å². The van der Waals surface area contributed by atoms with Crippen LogP contribution >= 0.6 is 9.24 Å². The van der Waals surface area contributed by atoms with Crippen LogP contribution in [0.1, 0.15) is 140 Å². The first-order chi connectivity index (χ1) is 21.9. The first-order valence-corrected chi connectivity index (χ1v) is 19.1. The Morgan fingerprint density at radius 3 is 1.73 bits per heavy atom. The predicted octanol–water partition coefficient (Wildman–Crippen LogP) is 13.2. The van der Waals surface area contributed by atoms with Crippen LogP contribution in [0.3, 0.4) is 0 Å². The van der Waals surface area contributed by atoms with E-state index in [9.17, 15) is 0 Å². The number of nitrogens with zero attached hydrogens (tertiary/aromatic N) is 1. The molecule has 0 aromatic heterocycles. The average Bonchev–Trinajstić information content (AvgIpc) is 3.38. The second-order valence-corrected chi connectivity index (χ2v) is 11.7. The Morgan fingerprint density at radius 2 is 1.22 bits per heavy atom. The molecule has 3 aromatic carbocycles. The van der Waals surface area contributed by atoms with Crippen molar-refractivity contribution in [1.82, 2.24) is 4.90 Å². The standard InChI is InChI=1S/C28H33P.C9H19N.3C2H6/c1-5-23-12-15-26(16-13-23)27(17-14-24-9-6-20(2)7-10-24)22(4)28-18-25(19-29)11-8-21(28)3;1-2-7-10-8-5-3-4-6-9-10;3*1-2/h6-13,15-16,18H,5,14,17,19,29H2,1-4H3;2-9H2,1H3;3*1-2H3/b27-22+;;;;. The molecule has 0 aliphatic carbocycles. The third-order valence-electron chi connectivity index (χ3n) is 8.13. The van der Waals surface area contributed by atoms with Crippen LogP contribution in [0.2, 0.25) is 0 Å². The van der Waals surface area contributed by atoms with Crippen LogP contribution in [-0.2, 0) is 19.0 Å². The summed E-state index contributed by atoms with van der Waals surface area (Å²) in [5, 5.41) is 0. The van der Waals surface area contributed by atoms with Crippen molar-refractivity contribution in [2.24, 2.45) is 0 Å². The number of hydrogen-bond acceptors (Lipinski definition) is 1. The zero-order chi connectivity index (χ0) is 34.0. The third-order valence-corrected chi connectivity index (χ3v) is 8.60. The number of hydrogen-bond donors (Lipinski definition) is 0. The van der Waals surface area contributed by atoms with E-state index in [2.05, 4.69) is 115 Å². The molecule has 252 valence electrons. The van der Waals surface area contributed by atoms with Crippen LogP contribution in [0.5, 0.6) is 0 Å². The fourth-order valence-electron chi connectivity index (χ4n) is 5.55. The molecular weight excluding hydrogens is 561 g/mol. The minimum atomic E-state index is 0.991. The van der Waals surface area contributed by atoms with Crippen LogP contribution in [0.15, 0.2) is 66.7 Å². The smallest absolute Gasteiger partial charge is 0.00187 e. The van der Waals surface area contributed by atoms with Crippen LogP contribution < -0.4 is 0 Å². The topological polar surface area (TPSA) is 3.24 Å². The Kier molecular flexibility index (Phi) is 25.6. The Balaban J connectivity index is 0.00000101. The van der Waals surface area contributed by atoms with Crippen molar-refractivity contribution >= 4 is 20.4 Å². The molecule has 1 heterocycles. The van der Waals surface area contributed by atoms with Gasteiger partial charge < -0.3 is 4.90 Å². The summed E-state index contributed by atoms with van der Waals surface area (Å²) in [4.78, 5) is 2.60. The first kappa shape index (κ1) is 42.8. The maximum absolute atomic E-state index is 2.85. The maximum Gasteiger partial charge on any atom is -0.00187 e. The van der Waals surface area contributed by atoms with Gasteiger partial charge in [0.2, 0.25) is 0 Å². The van der Waals surface area contributed by atoms with Gasteiger partial charge in [-0.1, -0.05) is 141 Å². The van der Waals surface area contributed by atoms with Gasteiger partial charge in [-0.05, 0) is 130 Å². The highest BCUT2D eigenvalue weighted by molar-refractivity contribution is 7.15. The lowest BCUT2D eigenvalue weighted by molar-refractivity contribution is 0.286. The number of likely N-dealkylation sites (tertiary alicyclic amines) is 1. The summed E-state index contributed by atoms with van der Waals surface area (Å²) in [6.07, 6.45) is 11.3. The van der Waals surface area contributed by atoms with E-state index in [1.807, 2.05) is 41.5 Å². The monoisotopic (exact) mass is 632 g/mol. The summed E-state index contributed by atoms with van der Waals surface area (Å²) in [6.45, 7) is 27.2. The van der Waals surface area contributed by atoms with E-state index in [0.29, 0.717) is 0 Å². The lowest BCUT2D eigenvalue weighted by Crippen LogP contribution is -2.25. The molecular formula is C43H70NP. The van der Waals surface area contributed by atoms with Gasteiger partial charge in [0.25, 0.3) is 0 Å². The highest BCUT2D eigenvalue weighted by atomic mass is 31.0. The summed E-state index contributed by atoms with van der Waals surface area (Å²) in [6, 6.07) is 25.0. The Hall–Kier alpha value is -2.21. The van der Waals surface area contributed by atoms with Crippen LogP contribution in [0.4, 0.5) is 0 Å². The van der Waals surface area contributed by atoms with E-state index in [-0.39, 0.29) is 0 Å². The van der Waals surface area contributed by atoms with Crippen molar-refractivity contribution in [3.8, 4) is 0 Å². The normalized spacial score (nSPS) is 13.2. The largest absolute Gasteiger partial charge is 0.303 e. The van der Waals surface area contributed by atoms with Gasteiger partial charge in [0.15, 0.2) is 0 Å². The zero-order valence-electron chi connectivity index (χ0n) is 31.4. The summed E-state index contributed by atoms with van der Waals surface area (Å²) in [5.41, 5.74) is 12.4. The van der Waals surface area contributed by atoms with Crippen molar-refractivity contribution in [2.75, 3.05) is 19.6 Å². The molecule has 0 bridgehead atoms. The van der Waals surface area contributed by atoms with Gasteiger partial charge in [0, 0.05) is 0 Å². The van der Waals surface area contributed by atoms with E-state index < -0.39 is 0 Å². The molecule has 1 nitrogen and oxygen atoms in total. The predicted molar refractivity (Wildman–Crippen MR) is 212 cm³/mol. The number of benzene rings is 3. The first-order valence-electron chi connectivity index (χ1n) is 18.3. The van der Waals surface area contributed by atoms with Gasteiger partial charge in [0.1, 0.15) is 0 Å². The molecule has 1 fully saturated rings. The quantitative estimate of drug-likeness (QED) is 0.168. The van der Waals surface area contributed by atoms with Gasteiger partial charge >= 0.3 is 0 Å². The van der Waals surface area contributed by atoms with E-state index >= 15 is 0 Å². The second kappa shape index (κ2) is 27.0. The van der Waals surface area contributed by atoms with E-state index in [0.717, 1.165) is 25.4 Å². The molecule has 0 saturated carbocycles. The summed E-state index contributed by atoms with van der Waals surface area (Å²) in [7, 11) is 2.85. The van der Waals surface area contributed by atoms with Crippen LogP contribution in [-0.4, -0.2) is 24.5 Å². The molecule has 0 radical (unpaired) electrons. The minimum Gasteiger partial charge on any atom is -0.303 e. The number of aryl methyl sites for hydroxylation is 4. The average molecular weight is 632 g/mol. The number of rotatable bonds is 9. The van der Waals surface area contributed by atoms with Gasteiger partial charge in [-0.3, -0.25) is 0 Å². The van der Waals surface area contributed by atoms with Crippen molar-refractivity contribution in [3.05, 3.63) is 106 Å². The van der Waals surface area contributed by atoms with E-state index in [1.165, 1.54) is 102 Å². The highest BCUT2D eigenvalue weighted by Gasteiger charge is 2.12. The summed E-state index contributed by atoms with van der Waals surface area (Å²) < 4.78 is 0. The Bertz CT molecular complexity index is 1150. The molecule has 0 spiro atoms. The van der Waals surface area contributed by atoms with Crippen molar-refractivity contribution in [3.63, 3.8) is 0 Å². The van der Waals surface area contributed by atoms with Crippen molar-refractivity contribution in [2.45, 2.75) is 134 Å². The number of allylic oxidation sites excluding steroid dienone is 2. The molecule has 1 unspecified atom stereocenters.